The van der Waals surface area contributed by atoms with Crippen LogP contribution in [0.4, 0.5) is 17.5 Å². The molecule has 0 atom stereocenters. The standard InChI is InChI=1S/C24H32N8O.C2H6/c1-29(2)23(33)20-14-17-15-26-24(28-22(17)32(20)18-6-4-5-7-18)27-21-9-8-19(16-25-21)31-12-10-30(3)11-13-31;1-2/h8-9,14-16,18H,4-7,10-13H2,1-3H3,(H,25,26,27,28);1-2H3. The van der Waals surface area contributed by atoms with Crippen LogP contribution in [0.15, 0.2) is 30.6 Å². The minimum Gasteiger partial charge on any atom is -0.368 e. The lowest BCUT2D eigenvalue weighted by molar-refractivity contribution is 0.0815. The molecule has 3 aromatic rings. The number of nitrogens with one attached hydrogen (secondary N) is 1. The topological polar surface area (TPSA) is 82.4 Å². The number of hydrogen-bond acceptors (Lipinski definition) is 7. The van der Waals surface area contributed by atoms with Crippen molar-refractivity contribution in [3.63, 3.8) is 0 Å². The molecule has 3 aromatic heterocycles. The lowest BCUT2D eigenvalue weighted by Crippen LogP contribution is -2.44. The zero-order valence-corrected chi connectivity index (χ0v) is 21.7. The van der Waals surface area contributed by atoms with E-state index in [4.69, 9.17) is 4.98 Å². The average molecular weight is 479 g/mol. The second kappa shape index (κ2) is 11.0. The first kappa shape index (κ1) is 24.9. The predicted molar refractivity (Wildman–Crippen MR) is 142 cm³/mol. The maximum atomic E-state index is 12.9. The summed E-state index contributed by atoms with van der Waals surface area (Å²) in [5, 5.41) is 4.13. The lowest BCUT2D eigenvalue weighted by Gasteiger charge is -2.33. The van der Waals surface area contributed by atoms with Crippen molar-refractivity contribution < 1.29 is 4.79 Å². The maximum absolute atomic E-state index is 12.9. The van der Waals surface area contributed by atoms with Crippen LogP contribution in [0.1, 0.15) is 56.1 Å². The van der Waals surface area contributed by atoms with Crippen molar-refractivity contribution in [1.29, 1.82) is 0 Å². The normalized spacial score (nSPS) is 16.8. The van der Waals surface area contributed by atoms with E-state index in [1.165, 1.54) is 12.8 Å². The molecule has 1 saturated carbocycles. The summed E-state index contributed by atoms with van der Waals surface area (Å²) in [4.78, 5) is 33.1. The van der Waals surface area contributed by atoms with Crippen LogP contribution in [0.25, 0.3) is 11.0 Å². The molecule has 0 unspecified atom stereocenters. The number of fused-ring (bicyclic) bond motifs is 1. The summed E-state index contributed by atoms with van der Waals surface area (Å²) in [6, 6.07) is 6.28. The minimum atomic E-state index is -0.00410. The molecule has 0 aromatic carbocycles. The fourth-order valence-corrected chi connectivity index (χ4v) is 4.82. The highest BCUT2D eigenvalue weighted by molar-refractivity contribution is 5.97. The van der Waals surface area contributed by atoms with Crippen molar-refractivity contribution >= 4 is 34.4 Å². The number of amides is 1. The van der Waals surface area contributed by atoms with Gasteiger partial charge in [-0.2, -0.15) is 4.98 Å². The van der Waals surface area contributed by atoms with Gasteiger partial charge in [-0.15, -0.1) is 0 Å². The third kappa shape index (κ3) is 5.40. The Balaban J connectivity index is 0.00000141. The van der Waals surface area contributed by atoms with Gasteiger partial charge >= 0.3 is 0 Å². The van der Waals surface area contributed by atoms with Gasteiger partial charge in [0.05, 0.1) is 11.9 Å². The van der Waals surface area contributed by atoms with Crippen LogP contribution in [-0.2, 0) is 0 Å². The molecule has 1 N–H and O–H groups in total. The number of carbonyl (C=O) groups is 1. The van der Waals surface area contributed by atoms with Crippen LogP contribution in [-0.4, -0.2) is 82.5 Å². The first-order valence-corrected chi connectivity index (χ1v) is 12.8. The Labute approximate surface area is 208 Å². The van der Waals surface area contributed by atoms with Gasteiger partial charge in [-0.3, -0.25) is 4.79 Å². The van der Waals surface area contributed by atoms with Gasteiger partial charge in [0.15, 0.2) is 0 Å². The van der Waals surface area contributed by atoms with Gasteiger partial charge in [-0.05, 0) is 38.1 Å². The van der Waals surface area contributed by atoms with Crippen molar-refractivity contribution in [2.45, 2.75) is 45.6 Å². The quantitative estimate of drug-likeness (QED) is 0.589. The van der Waals surface area contributed by atoms with E-state index in [1.54, 1.807) is 25.2 Å². The molecule has 188 valence electrons. The molecule has 2 fully saturated rings. The molecule has 35 heavy (non-hydrogen) atoms. The van der Waals surface area contributed by atoms with Crippen molar-refractivity contribution in [2.75, 3.05) is 57.5 Å². The molecule has 5 rings (SSSR count). The van der Waals surface area contributed by atoms with Crippen LogP contribution in [0.2, 0.25) is 0 Å². The zero-order chi connectivity index (χ0) is 24.9. The van der Waals surface area contributed by atoms with Crippen LogP contribution in [0.3, 0.4) is 0 Å². The van der Waals surface area contributed by atoms with E-state index >= 15 is 0 Å². The minimum absolute atomic E-state index is 0.00410. The molecule has 4 heterocycles. The maximum Gasteiger partial charge on any atom is 0.270 e. The summed E-state index contributed by atoms with van der Waals surface area (Å²) in [6.45, 7) is 8.15. The molecule has 9 nitrogen and oxygen atoms in total. The average Bonchev–Trinajstić information content (AvgIpc) is 3.53. The van der Waals surface area contributed by atoms with E-state index < -0.39 is 0 Å². The molecule has 1 aliphatic heterocycles. The molecular weight excluding hydrogens is 440 g/mol. The van der Waals surface area contributed by atoms with Gasteiger partial charge in [0.1, 0.15) is 17.2 Å². The number of rotatable bonds is 5. The first-order valence-electron chi connectivity index (χ1n) is 12.8. The van der Waals surface area contributed by atoms with Crippen LogP contribution >= 0.6 is 0 Å². The summed E-state index contributed by atoms with van der Waals surface area (Å²) in [6.07, 6.45) is 8.20. The highest BCUT2D eigenvalue weighted by Crippen LogP contribution is 2.35. The van der Waals surface area contributed by atoms with Gasteiger partial charge in [-0.1, -0.05) is 26.7 Å². The fraction of sp³-hybridized carbons (Fsp3) is 0.538. The molecule has 2 aliphatic rings. The number of piperazine rings is 1. The number of carbonyl (C=O) groups excluding carboxylic acids is 1. The summed E-state index contributed by atoms with van der Waals surface area (Å²) in [7, 11) is 5.73. The number of nitrogens with zero attached hydrogens (tertiary/aromatic N) is 7. The summed E-state index contributed by atoms with van der Waals surface area (Å²) >= 11 is 0. The molecule has 9 heteroatoms. The Morgan fingerprint density at radius 3 is 2.37 bits per heavy atom. The largest absolute Gasteiger partial charge is 0.368 e. The summed E-state index contributed by atoms with van der Waals surface area (Å²) < 4.78 is 2.13. The van der Waals surface area contributed by atoms with Crippen LogP contribution in [0, 0.1) is 0 Å². The van der Waals surface area contributed by atoms with E-state index in [0.29, 0.717) is 23.5 Å². The second-order valence-corrected chi connectivity index (χ2v) is 9.33. The van der Waals surface area contributed by atoms with Crippen LogP contribution < -0.4 is 10.2 Å². The molecule has 0 spiro atoms. The van der Waals surface area contributed by atoms with E-state index in [2.05, 4.69) is 42.8 Å². The van der Waals surface area contributed by atoms with Crippen LogP contribution in [0.5, 0.6) is 0 Å². The Kier molecular flexibility index (Phi) is 7.85. The molecule has 1 aliphatic carbocycles. The monoisotopic (exact) mass is 478 g/mol. The number of anilines is 3. The molecule has 0 radical (unpaired) electrons. The Bertz CT molecular complexity index is 1130. The Morgan fingerprint density at radius 1 is 1.03 bits per heavy atom. The molecule has 1 saturated heterocycles. The summed E-state index contributed by atoms with van der Waals surface area (Å²) in [5.74, 6) is 1.19. The van der Waals surface area contributed by atoms with E-state index in [0.717, 1.165) is 55.7 Å². The highest BCUT2D eigenvalue weighted by Gasteiger charge is 2.26. The van der Waals surface area contributed by atoms with Crippen molar-refractivity contribution in [2.24, 2.45) is 0 Å². The number of likely N-dealkylation sites (N-methyl/N-ethyl adjacent to an activating group) is 1. The lowest BCUT2D eigenvalue weighted by atomic mass is 10.2. The number of pyridine rings is 1. The highest BCUT2D eigenvalue weighted by atomic mass is 16.2. The van der Waals surface area contributed by atoms with Gasteiger partial charge in [0.2, 0.25) is 5.95 Å². The van der Waals surface area contributed by atoms with Crippen molar-refractivity contribution in [3.05, 3.63) is 36.3 Å². The third-order valence-electron chi connectivity index (χ3n) is 6.75. The zero-order valence-electron chi connectivity index (χ0n) is 21.7. The number of aromatic nitrogens is 4. The fourth-order valence-electron chi connectivity index (χ4n) is 4.82. The van der Waals surface area contributed by atoms with Crippen molar-refractivity contribution in [1.82, 2.24) is 29.3 Å². The molecule has 1 amide bonds. The van der Waals surface area contributed by atoms with E-state index in [9.17, 15) is 4.79 Å². The second-order valence-electron chi connectivity index (χ2n) is 9.33. The predicted octanol–water partition coefficient (Wildman–Crippen LogP) is 4.16. The van der Waals surface area contributed by atoms with Gasteiger partial charge in [-0.25, -0.2) is 9.97 Å². The van der Waals surface area contributed by atoms with Crippen molar-refractivity contribution in [3.8, 4) is 0 Å². The Hall–Kier alpha value is -3.20. The third-order valence-corrected chi connectivity index (χ3v) is 6.75. The molecule has 0 bridgehead atoms. The van der Waals surface area contributed by atoms with Gasteiger partial charge in [0, 0.05) is 57.9 Å². The van der Waals surface area contributed by atoms with Gasteiger partial charge < -0.3 is 24.6 Å². The molecular formula is C26H38N8O. The summed E-state index contributed by atoms with van der Waals surface area (Å²) in [5.41, 5.74) is 2.62. The van der Waals surface area contributed by atoms with Gasteiger partial charge in [0.25, 0.3) is 5.91 Å². The first-order chi connectivity index (χ1) is 17.0. The number of hydrogen-bond donors (Lipinski definition) is 1. The Morgan fingerprint density at radius 2 is 1.74 bits per heavy atom. The SMILES string of the molecule is CC.CN1CCN(c2ccc(Nc3ncc4cc(C(=O)N(C)C)n(C5CCCC5)c4n3)nc2)CC1. The van der Waals surface area contributed by atoms with E-state index in [-0.39, 0.29) is 5.91 Å². The smallest absolute Gasteiger partial charge is 0.270 e. The van der Waals surface area contributed by atoms with E-state index in [1.807, 2.05) is 32.2 Å².